The molecule has 2 aromatic heterocycles. The van der Waals surface area contributed by atoms with Crippen molar-refractivity contribution >= 4 is 33.7 Å². The summed E-state index contributed by atoms with van der Waals surface area (Å²) in [6, 6.07) is 3.96. The van der Waals surface area contributed by atoms with Crippen LogP contribution in [-0.4, -0.2) is 61.5 Å². The van der Waals surface area contributed by atoms with Gasteiger partial charge in [-0.1, -0.05) is 0 Å². The van der Waals surface area contributed by atoms with Crippen molar-refractivity contribution in [1.82, 2.24) is 14.9 Å². The second kappa shape index (κ2) is 5.93. The van der Waals surface area contributed by atoms with Crippen LogP contribution in [0.5, 0.6) is 0 Å². The van der Waals surface area contributed by atoms with E-state index in [1.165, 1.54) is 0 Å². The molecule has 0 atom stereocenters. The van der Waals surface area contributed by atoms with Gasteiger partial charge in [-0.25, -0.2) is 13.4 Å². The maximum atomic E-state index is 12.7. The number of nitrogens with one attached hydrogen (secondary N) is 1. The summed E-state index contributed by atoms with van der Waals surface area (Å²) in [7, 11) is -2.76. The van der Waals surface area contributed by atoms with Crippen LogP contribution in [-0.2, 0) is 21.6 Å². The number of pyridine rings is 1. The van der Waals surface area contributed by atoms with Gasteiger partial charge in [0.2, 0.25) is 0 Å². The van der Waals surface area contributed by atoms with E-state index in [1.54, 1.807) is 0 Å². The molecular weight excluding hydrogens is 368 g/mol. The van der Waals surface area contributed by atoms with Gasteiger partial charge in [0.15, 0.2) is 0 Å². The molecule has 2 fully saturated rings. The fourth-order valence-electron chi connectivity index (χ4n) is 4.82. The average molecular weight is 390 g/mol. The zero-order chi connectivity index (χ0) is 18.8. The number of carbonyl (C=O) groups excluding carboxylic acids is 1. The number of aromatic nitrogens is 2. The summed E-state index contributed by atoms with van der Waals surface area (Å²) in [5, 5.41) is 0.892. The molecule has 4 heterocycles. The van der Waals surface area contributed by atoms with Crippen LogP contribution in [0.25, 0.3) is 11.0 Å². The Morgan fingerprint density at radius 3 is 2.81 bits per heavy atom. The zero-order valence-electron chi connectivity index (χ0n) is 15.1. The molecule has 1 saturated heterocycles. The monoisotopic (exact) mass is 390 g/mol. The van der Waals surface area contributed by atoms with Gasteiger partial charge in [-0.05, 0) is 31.9 Å². The van der Waals surface area contributed by atoms with E-state index in [0.29, 0.717) is 0 Å². The Kier molecular flexibility index (Phi) is 3.74. The van der Waals surface area contributed by atoms with E-state index in [2.05, 4.69) is 9.88 Å². The zero-order valence-corrected chi connectivity index (χ0v) is 16.0. The second-order valence-electron chi connectivity index (χ2n) is 7.89. The fourth-order valence-corrected chi connectivity index (χ4v) is 5.21. The number of fused-ring (bicyclic) bond motifs is 3. The van der Waals surface area contributed by atoms with Crippen molar-refractivity contribution in [2.75, 3.05) is 31.1 Å². The second-order valence-corrected chi connectivity index (χ2v) is 8.55. The van der Waals surface area contributed by atoms with Crippen LogP contribution >= 0.6 is 0 Å². The van der Waals surface area contributed by atoms with Gasteiger partial charge in [0.1, 0.15) is 11.5 Å². The lowest BCUT2D eigenvalue weighted by Crippen LogP contribution is -2.64. The average Bonchev–Trinajstić information content (AvgIpc) is 2.94. The number of aromatic amines is 1. The van der Waals surface area contributed by atoms with Gasteiger partial charge in [-0.15, -0.1) is 0 Å². The van der Waals surface area contributed by atoms with Crippen molar-refractivity contribution in [2.24, 2.45) is 5.41 Å². The van der Waals surface area contributed by atoms with Crippen LogP contribution in [0.4, 0.5) is 5.82 Å². The molecule has 9 heteroatoms. The molecule has 0 radical (unpaired) electrons. The van der Waals surface area contributed by atoms with E-state index < -0.39 is 11.0 Å². The minimum atomic E-state index is -2.76. The van der Waals surface area contributed by atoms with E-state index in [9.17, 15) is 13.2 Å². The first kappa shape index (κ1) is 17.0. The molecule has 0 bridgehead atoms. The molecule has 1 N–H and O–H groups in total. The molecule has 5 rings (SSSR count). The summed E-state index contributed by atoms with van der Waals surface area (Å²) in [6.45, 7) is 5.19. The van der Waals surface area contributed by atoms with Crippen molar-refractivity contribution in [1.29, 1.82) is 0 Å². The van der Waals surface area contributed by atoms with Gasteiger partial charge in [-0.2, -0.15) is 0 Å². The lowest BCUT2D eigenvalue weighted by Gasteiger charge is -2.58. The number of hydrogen-bond donors (Lipinski definition) is 2. The number of hydrogen-bond acceptors (Lipinski definition) is 6. The maximum Gasteiger partial charge on any atom is 0.257 e. The van der Waals surface area contributed by atoms with E-state index in [0.717, 1.165) is 73.6 Å². The maximum absolute atomic E-state index is 12.7. The number of anilines is 1. The SMILES string of the molecule is CCN1CCc2[nH]c3nc(N4CC5(CC(O[SH](=O)=O)C5)C4)ccc3c2C1=O. The Morgan fingerprint density at radius 1 is 1.33 bits per heavy atom. The summed E-state index contributed by atoms with van der Waals surface area (Å²) in [5.41, 5.74) is 2.68. The van der Waals surface area contributed by atoms with Gasteiger partial charge >= 0.3 is 0 Å². The molecule has 144 valence electrons. The molecule has 27 heavy (non-hydrogen) atoms. The number of likely N-dealkylation sites (N-methyl/N-ethyl adjacent to an activating group) is 1. The van der Waals surface area contributed by atoms with Gasteiger partial charge < -0.3 is 14.8 Å². The number of H-pyrrole nitrogens is 1. The van der Waals surface area contributed by atoms with Crippen LogP contribution in [0.3, 0.4) is 0 Å². The highest BCUT2D eigenvalue weighted by Gasteiger charge is 2.53. The molecule has 2 aromatic rings. The van der Waals surface area contributed by atoms with Crippen molar-refractivity contribution in [3.63, 3.8) is 0 Å². The predicted molar refractivity (Wildman–Crippen MR) is 100 cm³/mol. The normalized spacial score (nSPS) is 21.6. The first-order chi connectivity index (χ1) is 13.0. The predicted octanol–water partition coefficient (Wildman–Crippen LogP) is 1.09. The van der Waals surface area contributed by atoms with Gasteiger partial charge in [0, 0.05) is 49.1 Å². The number of amides is 1. The van der Waals surface area contributed by atoms with E-state index in [1.807, 2.05) is 24.0 Å². The minimum absolute atomic E-state index is 0.0830. The van der Waals surface area contributed by atoms with E-state index >= 15 is 0 Å². The van der Waals surface area contributed by atoms with Crippen LogP contribution in [0.2, 0.25) is 0 Å². The molecule has 0 unspecified atom stereocenters. The van der Waals surface area contributed by atoms with Gasteiger partial charge in [0.05, 0.1) is 11.7 Å². The first-order valence-electron chi connectivity index (χ1n) is 9.35. The summed E-state index contributed by atoms with van der Waals surface area (Å²) < 4.78 is 26.1. The van der Waals surface area contributed by atoms with Gasteiger partial charge in [-0.3, -0.25) is 8.98 Å². The highest BCUT2D eigenvalue weighted by atomic mass is 32.2. The molecule has 1 aliphatic carbocycles. The topological polar surface area (TPSA) is 95.6 Å². The molecular formula is C18H22N4O4S. The quantitative estimate of drug-likeness (QED) is 0.759. The summed E-state index contributed by atoms with van der Waals surface area (Å²) in [5.74, 6) is 0.977. The Labute approximate surface area is 158 Å². The number of carbonyl (C=O) groups is 1. The number of rotatable bonds is 4. The van der Waals surface area contributed by atoms with Crippen LogP contribution in [0.1, 0.15) is 35.8 Å². The van der Waals surface area contributed by atoms with Gasteiger partial charge in [0.25, 0.3) is 16.9 Å². The Hall–Kier alpha value is -2.13. The first-order valence-corrected chi connectivity index (χ1v) is 10.4. The Morgan fingerprint density at radius 2 is 2.11 bits per heavy atom. The lowest BCUT2D eigenvalue weighted by molar-refractivity contribution is -0.0285. The molecule has 2 aliphatic heterocycles. The molecule has 1 amide bonds. The third-order valence-electron chi connectivity index (χ3n) is 6.17. The molecule has 3 aliphatic rings. The number of nitrogens with zero attached hydrogens (tertiary/aromatic N) is 3. The lowest BCUT2D eigenvalue weighted by atomic mass is 9.62. The van der Waals surface area contributed by atoms with Crippen molar-refractivity contribution in [3.8, 4) is 0 Å². The van der Waals surface area contributed by atoms with Crippen molar-refractivity contribution in [3.05, 3.63) is 23.4 Å². The smallest absolute Gasteiger partial charge is 0.257 e. The highest BCUT2D eigenvalue weighted by molar-refractivity contribution is 7.67. The van der Waals surface area contributed by atoms with Crippen LogP contribution < -0.4 is 4.90 Å². The molecule has 8 nitrogen and oxygen atoms in total. The largest absolute Gasteiger partial charge is 0.355 e. The minimum Gasteiger partial charge on any atom is -0.355 e. The Bertz CT molecular complexity index is 992. The fraction of sp³-hybridized carbons (Fsp3) is 0.556. The molecule has 0 aromatic carbocycles. The van der Waals surface area contributed by atoms with E-state index in [-0.39, 0.29) is 17.4 Å². The summed E-state index contributed by atoms with van der Waals surface area (Å²) in [4.78, 5) is 24.8. The number of thiol groups is 1. The van der Waals surface area contributed by atoms with Crippen molar-refractivity contribution < 1.29 is 17.4 Å². The summed E-state index contributed by atoms with van der Waals surface area (Å²) >= 11 is 0. The third kappa shape index (κ3) is 2.63. The molecule has 1 spiro atoms. The standard InChI is InChI=1S/C18H22N4O4S/c1-2-21-6-5-13-15(17(21)23)12-3-4-14(20-16(12)19-13)22-9-18(10-22)7-11(8-18)26-27(24)25/h3-4,11,27H,2,5-10H2,1H3,(H,19,20). The third-order valence-corrected chi connectivity index (χ3v) is 6.64. The highest BCUT2D eigenvalue weighted by Crippen LogP contribution is 2.50. The van der Waals surface area contributed by atoms with Crippen LogP contribution in [0.15, 0.2) is 12.1 Å². The Balaban J connectivity index is 1.33. The van der Waals surface area contributed by atoms with Crippen LogP contribution in [0, 0.1) is 5.41 Å². The molecule has 1 saturated carbocycles. The summed E-state index contributed by atoms with van der Waals surface area (Å²) in [6.07, 6.45) is 2.24. The van der Waals surface area contributed by atoms with E-state index in [4.69, 9.17) is 9.17 Å². The van der Waals surface area contributed by atoms with Crippen molar-refractivity contribution in [2.45, 2.75) is 32.3 Å².